The van der Waals surface area contributed by atoms with E-state index in [0.717, 1.165) is 18.8 Å². The van der Waals surface area contributed by atoms with E-state index >= 15 is 0 Å². The summed E-state index contributed by atoms with van der Waals surface area (Å²) in [7, 11) is 0. The average Bonchev–Trinajstić information content (AvgIpc) is 3.14. The highest BCUT2D eigenvalue weighted by Crippen LogP contribution is 2.41. The molecule has 1 saturated carbocycles. The predicted molar refractivity (Wildman–Crippen MR) is 90.2 cm³/mol. The smallest absolute Gasteiger partial charge is 0.324 e. The van der Waals surface area contributed by atoms with Gasteiger partial charge in [-0.3, -0.25) is 4.90 Å². The molecule has 2 fully saturated rings. The van der Waals surface area contributed by atoms with Gasteiger partial charge in [-0.25, -0.2) is 4.79 Å². The van der Waals surface area contributed by atoms with Gasteiger partial charge in [0.1, 0.15) is 0 Å². The number of nitrogens with two attached hydrogens (primary N) is 1. The van der Waals surface area contributed by atoms with Gasteiger partial charge in [-0.15, -0.1) is 0 Å². The summed E-state index contributed by atoms with van der Waals surface area (Å²) in [5.41, 5.74) is 8.55. The first-order valence-corrected chi connectivity index (χ1v) is 8.46. The lowest BCUT2D eigenvalue weighted by molar-refractivity contribution is 0.209. The second-order valence-corrected chi connectivity index (χ2v) is 6.96. The van der Waals surface area contributed by atoms with E-state index in [1.54, 1.807) is 0 Å². The van der Waals surface area contributed by atoms with Crippen molar-refractivity contribution in [2.45, 2.75) is 51.0 Å². The Morgan fingerprint density at radius 2 is 1.95 bits per heavy atom. The predicted octanol–water partition coefficient (Wildman–Crippen LogP) is 3.11. The van der Waals surface area contributed by atoms with Crippen molar-refractivity contribution in [2.75, 3.05) is 24.5 Å². The molecule has 0 bridgehead atoms. The van der Waals surface area contributed by atoms with Gasteiger partial charge in [0, 0.05) is 36.8 Å². The van der Waals surface area contributed by atoms with Gasteiger partial charge in [-0.05, 0) is 44.4 Å². The summed E-state index contributed by atoms with van der Waals surface area (Å²) in [5, 5.41) is 0. The second kappa shape index (κ2) is 5.92. The van der Waals surface area contributed by atoms with Crippen LogP contribution in [0, 0.1) is 0 Å². The van der Waals surface area contributed by atoms with Gasteiger partial charge in [-0.2, -0.15) is 0 Å². The van der Waals surface area contributed by atoms with Gasteiger partial charge in [-0.1, -0.05) is 25.0 Å². The molecule has 1 aliphatic carbocycles. The van der Waals surface area contributed by atoms with Crippen LogP contribution in [0.2, 0.25) is 0 Å². The molecule has 2 N–H and O–H groups in total. The summed E-state index contributed by atoms with van der Waals surface area (Å²) in [6.07, 6.45) is 4.84. The Morgan fingerprint density at radius 1 is 1.23 bits per heavy atom. The number of hydrogen-bond acceptors (Lipinski definition) is 2. The van der Waals surface area contributed by atoms with Crippen molar-refractivity contribution in [3.63, 3.8) is 0 Å². The Hall–Kier alpha value is -1.55. The molecule has 1 heterocycles. The molecule has 0 radical (unpaired) electrons. The molecular formula is C18H27N3O. The third-order valence-electron chi connectivity index (χ3n) is 5.39. The maximum Gasteiger partial charge on any atom is 0.324 e. The van der Waals surface area contributed by atoms with E-state index in [1.165, 1.54) is 31.2 Å². The van der Waals surface area contributed by atoms with Crippen LogP contribution >= 0.6 is 0 Å². The lowest BCUT2D eigenvalue weighted by Gasteiger charge is -2.29. The minimum absolute atomic E-state index is 0.122. The minimum Gasteiger partial charge on any atom is -0.330 e. The largest absolute Gasteiger partial charge is 0.330 e. The molecule has 1 aromatic rings. The van der Waals surface area contributed by atoms with Crippen molar-refractivity contribution in [1.82, 2.24) is 4.90 Å². The van der Waals surface area contributed by atoms with Gasteiger partial charge >= 0.3 is 6.03 Å². The zero-order valence-corrected chi connectivity index (χ0v) is 13.7. The zero-order chi connectivity index (χ0) is 15.7. The van der Waals surface area contributed by atoms with Crippen LogP contribution in [0.15, 0.2) is 24.3 Å². The molecule has 0 unspecified atom stereocenters. The van der Waals surface area contributed by atoms with E-state index in [1.807, 2.05) is 15.9 Å². The highest BCUT2D eigenvalue weighted by molar-refractivity contribution is 5.94. The molecule has 0 atom stereocenters. The van der Waals surface area contributed by atoms with Gasteiger partial charge in [0.25, 0.3) is 0 Å². The van der Waals surface area contributed by atoms with Crippen molar-refractivity contribution in [2.24, 2.45) is 5.73 Å². The van der Waals surface area contributed by atoms with Crippen molar-refractivity contribution < 1.29 is 4.79 Å². The lowest BCUT2D eigenvalue weighted by Crippen LogP contribution is -2.36. The highest BCUT2D eigenvalue weighted by Gasteiger charge is 2.36. The SMILES string of the molecule is CC(C)N1CCN(c2cccc(C3(CN)CCCC3)c2)C1=O. The first-order chi connectivity index (χ1) is 10.6. The summed E-state index contributed by atoms with van der Waals surface area (Å²) in [6.45, 7) is 6.42. The molecule has 1 aromatic carbocycles. The number of nitrogens with zero attached hydrogens (tertiary/aromatic N) is 2. The second-order valence-electron chi connectivity index (χ2n) is 6.96. The van der Waals surface area contributed by atoms with E-state index < -0.39 is 0 Å². The lowest BCUT2D eigenvalue weighted by atomic mass is 9.79. The van der Waals surface area contributed by atoms with E-state index in [9.17, 15) is 4.79 Å². The van der Waals surface area contributed by atoms with Gasteiger partial charge in [0.2, 0.25) is 0 Å². The molecule has 4 heteroatoms. The monoisotopic (exact) mass is 301 g/mol. The topological polar surface area (TPSA) is 49.6 Å². The Morgan fingerprint density at radius 3 is 2.55 bits per heavy atom. The van der Waals surface area contributed by atoms with E-state index in [4.69, 9.17) is 5.73 Å². The van der Waals surface area contributed by atoms with Crippen molar-refractivity contribution in [1.29, 1.82) is 0 Å². The third-order valence-corrected chi connectivity index (χ3v) is 5.39. The average molecular weight is 301 g/mol. The first kappa shape index (κ1) is 15.3. The number of amides is 2. The van der Waals surface area contributed by atoms with E-state index in [2.05, 4.69) is 32.0 Å². The van der Waals surface area contributed by atoms with Crippen LogP contribution in [0.25, 0.3) is 0 Å². The summed E-state index contributed by atoms with van der Waals surface area (Å²) in [6, 6.07) is 8.88. The van der Waals surface area contributed by atoms with Crippen LogP contribution in [-0.4, -0.2) is 36.6 Å². The molecule has 1 aliphatic heterocycles. The van der Waals surface area contributed by atoms with Gasteiger partial charge in [0.15, 0.2) is 0 Å². The molecule has 4 nitrogen and oxygen atoms in total. The molecule has 2 amide bonds. The number of carbonyl (C=O) groups excluding carboxylic acids is 1. The van der Waals surface area contributed by atoms with E-state index in [-0.39, 0.29) is 17.5 Å². The molecule has 0 aromatic heterocycles. The maximum absolute atomic E-state index is 12.6. The minimum atomic E-state index is 0.122. The van der Waals surface area contributed by atoms with Crippen LogP contribution in [0.4, 0.5) is 10.5 Å². The summed E-state index contributed by atoms with van der Waals surface area (Å²) in [5.74, 6) is 0. The Balaban J connectivity index is 1.87. The molecule has 0 spiro atoms. The Kier molecular flexibility index (Phi) is 4.13. The fraction of sp³-hybridized carbons (Fsp3) is 0.611. The van der Waals surface area contributed by atoms with Crippen LogP contribution < -0.4 is 10.6 Å². The number of rotatable bonds is 4. The van der Waals surface area contributed by atoms with Crippen LogP contribution in [0.1, 0.15) is 45.1 Å². The number of urea groups is 1. The zero-order valence-electron chi connectivity index (χ0n) is 13.7. The normalized spacial score (nSPS) is 21.2. The number of benzene rings is 1. The van der Waals surface area contributed by atoms with Crippen molar-refractivity contribution >= 4 is 11.7 Å². The fourth-order valence-electron chi connectivity index (χ4n) is 3.94. The maximum atomic E-state index is 12.6. The standard InChI is InChI=1S/C18H27N3O/c1-14(2)20-10-11-21(17(20)22)16-7-5-6-15(12-16)18(13-19)8-3-4-9-18/h5-7,12,14H,3-4,8-11,13,19H2,1-2H3. The van der Waals surface area contributed by atoms with Gasteiger partial charge in [0.05, 0.1) is 0 Å². The molecule has 22 heavy (non-hydrogen) atoms. The highest BCUT2D eigenvalue weighted by atomic mass is 16.2. The van der Waals surface area contributed by atoms with Crippen LogP contribution in [0.5, 0.6) is 0 Å². The number of anilines is 1. The van der Waals surface area contributed by atoms with Crippen molar-refractivity contribution in [3.05, 3.63) is 29.8 Å². The molecule has 120 valence electrons. The summed E-state index contributed by atoms with van der Waals surface area (Å²) < 4.78 is 0. The van der Waals surface area contributed by atoms with Crippen molar-refractivity contribution in [3.8, 4) is 0 Å². The third kappa shape index (κ3) is 2.50. The Labute approximate surface area is 133 Å². The first-order valence-electron chi connectivity index (χ1n) is 8.46. The molecular weight excluding hydrogens is 274 g/mol. The Bertz CT molecular complexity index is 549. The summed E-state index contributed by atoms with van der Waals surface area (Å²) >= 11 is 0. The quantitative estimate of drug-likeness (QED) is 0.929. The number of hydrogen-bond donors (Lipinski definition) is 1. The van der Waals surface area contributed by atoms with Crippen LogP contribution in [0.3, 0.4) is 0 Å². The molecule has 2 aliphatic rings. The summed E-state index contributed by atoms with van der Waals surface area (Å²) in [4.78, 5) is 16.4. The van der Waals surface area contributed by atoms with Gasteiger partial charge < -0.3 is 10.6 Å². The fourth-order valence-corrected chi connectivity index (χ4v) is 3.94. The van der Waals surface area contributed by atoms with Crippen LogP contribution in [-0.2, 0) is 5.41 Å². The molecule has 1 saturated heterocycles. The number of carbonyl (C=O) groups is 1. The van der Waals surface area contributed by atoms with E-state index in [0.29, 0.717) is 6.54 Å². The molecule has 3 rings (SSSR count).